The summed E-state index contributed by atoms with van der Waals surface area (Å²) >= 11 is 17.9. The van der Waals surface area contributed by atoms with Crippen LogP contribution in [0.25, 0.3) is 0 Å². The second kappa shape index (κ2) is 6.37. The third kappa shape index (κ3) is 3.30. The van der Waals surface area contributed by atoms with Crippen molar-refractivity contribution in [2.75, 3.05) is 6.54 Å². The summed E-state index contributed by atoms with van der Waals surface area (Å²) in [4.78, 5) is 0. The first-order valence-electron chi connectivity index (χ1n) is 4.88. The fourth-order valence-corrected chi connectivity index (χ4v) is 2.05. The Hall–Kier alpha value is -0.390. The predicted molar refractivity (Wildman–Crippen MR) is 71.3 cm³/mol. The second-order valence-electron chi connectivity index (χ2n) is 3.39. The molecule has 16 heavy (non-hydrogen) atoms. The maximum Gasteiger partial charge on any atom is 0.0781 e. The van der Waals surface area contributed by atoms with Crippen molar-refractivity contribution in [2.45, 2.75) is 19.4 Å². The SMILES string of the molecule is C#CCCNC(C)c1ccc(Cl)c(Cl)c1Cl. The highest BCUT2D eigenvalue weighted by atomic mass is 35.5. The molecule has 1 rings (SSSR count). The van der Waals surface area contributed by atoms with Crippen molar-refractivity contribution >= 4 is 34.8 Å². The van der Waals surface area contributed by atoms with Crippen LogP contribution in [0.15, 0.2) is 12.1 Å². The third-order valence-electron chi connectivity index (χ3n) is 2.25. The van der Waals surface area contributed by atoms with Gasteiger partial charge in [0, 0.05) is 19.0 Å². The maximum absolute atomic E-state index is 6.11. The lowest BCUT2D eigenvalue weighted by molar-refractivity contribution is 0.584. The standard InChI is InChI=1S/C12H12Cl3N/c1-3-4-7-16-8(2)9-5-6-10(13)12(15)11(9)14/h1,5-6,8,16H,4,7H2,2H3. The molecule has 0 fully saturated rings. The van der Waals surface area contributed by atoms with E-state index in [2.05, 4.69) is 11.2 Å². The lowest BCUT2D eigenvalue weighted by atomic mass is 10.1. The average molecular weight is 277 g/mol. The zero-order valence-electron chi connectivity index (χ0n) is 8.86. The van der Waals surface area contributed by atoms with Crippen molar-refractivity contribution in [3.8, 4) is 12.3 Å². The molecule has 0 saturated carbocycles. The minimum atomic E-state index is 0.0932. The van der Waals surface area contributed by atoms with Gasteiger partial charge in [0.15, 0.2) is 0 Å². The monoisotopic (exact) mass is 275 g/mol. The van der Waals surface area contributed by atoms with Gasteiger partial charge in [-0.1, -0.05) is 40.9 Å². The fraction of sp³-hybridized carbons (Fsp3) is 0.333. The van der Waals surface area contributed by atoms with Crippen LogP contribution in [0.4, 0.5) is 0 Å². The zero-order valence-corrected chi connectivity index (χ0v) is 11.1. The summed E-state index contributed by atoms with van der Waals surface area (Å²) in [5.74, 6) is 2.57. The number of rotatable bonds is 4. The van der Waals surface area contributed by atoms with E-state index in [1.807, 2.05) is 13.0 Å². The quantitative estimate of drug-likeness (QED) is 0.490. The summed E-state index contributed by atoms with van der Waals surface area (Å²) in [7, 11) is 0. The molecule has 1 atom stereocenters. The molecule has 0 aliphatic rings. The molecule has 0 radical (unpaired) electrons. The van der Waals surface area contributed by atoms with Crippen LogP contribution >= 0.6 is 34.8 Å². The van der Waals surface area contributed by atoms with Gasteiger partial charge in [-0.3, -0.25) is 0 Å². The van der Waals surface area contributed by atoms with Crippen LogP contribution in [0.3, 0.4) is 0 Å². The minimum Gasteiger partial charge on any atom is -0.309 e. The highest BCUT2D eigenvalue weighted by Gasteiger charge is 2.13. The number of nitrogens with one attached hydrogen (secondary N) is 1. The first-order valence-corrected chi connectivity index (χ1v) is 6.01. The number of hydrogen-bond donors (Lipinski definition) is 1. The summed E-state index contributed by atoms with van der Waals surface area (Å²) in [5.41, 5.74) is 0.924. The Morgan fingerprint density at radius 1 is 1.31 bits per heavy atom. The van der Waals surface area contributed by atoms with Crippen LogP contribution in [-0.2, 0) is 0 Å². The minimum absolute atomic E-state index is 0.0932. The van der Waals surface area contributed by atoms with Crippen LogP contribution in [0.2, 0.25) is 15.1 Å². The Kier molecular flexibility index (Phi) is 5.44. The average Bonchev–Trinajstić information content (AvgIpc) is 2.26. The molecule has 0 aliphatic heterocycles. The summed E-state index contributed by atoms with van der Waals surface area (Å²) in [6.07, 6.45) is 5.86. The first-order chi connectivity index (χ1) is 7.57. The highest BCUT2D eigenvalue weighted by Crippen LogP contribution is 2.35. The van der Waals surface area contributed by atoms with Gasteiger partial charge in [-0.2, -0.15) is 0 Å². The van der Waals surface area contributed by atoms with E-state index >= 15 is 0 Å². The van der Waals surface area contributed by atoms with Gasteiger partial charge in [0.1, 0.15) is 0 Å². The number of terminal acetylenes is 1. The maximum atomic E-state index is 6.11. The molecule has 86 valence electrons. The second-order valence-corrected chi connectivity index (χ2v) is 4.56. The van der Waals surface area contributed by atoms with Gasteiger partial charge in [-0.15, -0.1) is 12.3 Å². The van der Waals surface area contributed by atoms with Crippen LogP contribution in [-0.4, -0.2) is 6.54 Å². The van der Waals surface area contributed by atoms with E-state index in [9.17, 15) is 0 Å². The van der Waals surface area contributed by atoms with Gasteiger partial charge < -0.3 is 5.32 Å². The van der Waals surface area contributed by atoms with Crippen LogP contribution in [0.5, 0.6) is 0 Å². The normalized spacial score (nSPS) is 12.2. The van der Waals surface area contributed by atoms with Gasteiger partial charge in [0.05, 0.1) is 15.1 Å². The molecule has 4 heteroatoms. The molecular formula is C12H12Cl3N. The smallest absolute Gasteiger partial charge is 0.0781 e. The van der Waals surface area contributed by atoms with E-state index in [-0.39, 0.29) is 6.04 Å². The van der Waals surface area contributed by atoms with E-state index in [1.165, 1.54) is 0 Å². The molecule has 0 aliphatic carbocycles. The van der Waals surface area contributed by atoms with Crippen LogP contribution in [0.1, 0.15) is 24.9 Å². The van der Waals surface area contributed by atoms with Crippen molar-refractivity contribution < 1.29 is 0 Å². The molecule has 1 aromatic carbocycles. The van der Waals surface area contributed by atoms with E-state index in [4.69, 9.17) is 41.2 Å². The molecule has 0 aromatic heterocycles. The van der Waals surface area contributed by atoms with Crippen LogP contribution in [0, 0.1) is 12.3 Å². The Balaban J connectivity index is 2.80. The molecular weight excluding hydrogens is 264 g/mol. The zero-order chi connectivity index (χ0) is 12.1. The molecule has 0 heterocycles. The number of halogens is 3. The molecule has 0 bridgehead atoms. The molecule has 1 N–H and O–H groups in total. The highest BCUT2D eigenvalue weighted by molar-refractivity contribution is 6.48. The van der Waals surface area contributed by atoms with Crippen molar-refractivity contribution in [2.24, 2.45) is 0 Å². The molecule has 0 amide bonds. The molecule has 0 saturated heterocycles. The summed E-state index contributed by atoms with van der Waals surface area (Å²) in [6.45, 7) is 2.75. The first kappa shape index (κ1) is 13.7. The lowest BCUT2D eigenvalue weighted by Gasteiger charge is -2.16. The fourth-order valence-electron chi connectivity index (χ4n) is 1.35. The molecule has 1 unspecified atom stereocenters. The Morgan fingerprint density at radius 2 is 2.00 bits per heavy atom. The van der Waals surface area contributed by atoms with Gasteiger partial charge in [-0.05, 0) is 18.6 Å². The third-order valence-corrected chi connectivity index (χ3v) is 3.56. The van der Waals surface area contributed by atoms with Gasteiger partial charge in [0.25, 0.3) is 0 Å². The van der Waals surface area contributed by atoms with Crippen LogP contribution < -0.4 is 5.32 Å². The van der Waals surface area contributed by atoms with Crippen molar-refractivity contribution in [1.29, 1.82) is 0 Å². The van der Waals surface area contributed by atoms with Crippen molar-refractivity contribution in [1.82, 2.24) is 5.32 Å². The number of hydrogen-bond acceptors (Lipinski definition) is 1. The van der Waals surface area contributed by atoms with E-state index < -0.39 is 0 Å². The number of benzene rings is 1. The molecule has 0 spiro atoms. The van der Waals surface area contributed by atoms with Gasteiger partial charge in [0.2, 0.25) is 0 Å². The largest absolute Gasteiger partial charge is 0.309 e. The molecule has 1 aromatic rings. The summed E-state index contributed by atoms with van der Waals surface area (Å²) < 4.78 is 0. The topological polar surface area (TPSA) is 12.0 Å². The van der Waals surface area contributed by atoms with E-state index in [0.29, 0.717) is 21.5 Å². The van der Waals surface area contributed by atoms with Gasteiger partial charge >= 0.3 is 0 Å². The van der Waals surface area contributed by atoms with E-state index in [1.54, 1.807) is 6.07 Å². The Morgan fingerprint density at radius 3 is 2.62 bits per heavy atom. The van der Waals surface area contributed by atoms with Gasteiger partial charge in [-0.25, -0.2) is 0 Å². The summed E-state index contributed by atoms with van der Waals surface area (Å²) in [5, 5.41) is 4.61. The summed E-state index contributed by atoms with van der Waals surface area (Å²) in [6, 6.07) is 3.70. The Bertz CT molecular complexity index is 409. The Labute approximate surface area is 111 Å². The molecule has 1 nitrogen and oxygen atoms in total. The van der Waals surface area contributed by atoms with Crippen molar-refractivity contribution in [3.05, 3.63) is 32.8 Å². The predicted octanol–water partition coefficient (Wildman–Crippen LogP) is 4.32. The van der Waals surface area contributed by atoms with E-state index in [0.717, 1.165) is 12.1 Å². The lowest BCUT2D eigenvalue weighted by Crippen LogP contribution is -2.19. The van der Waals surface area contributed by atoms with Crippen molar-refractivity contribution in [3.63, 3.8) is 0 Å².